The van der Waals surface area contributed by atoms with E-state index in [1.54, 1.807) is 0 Å². The van der Waals surface area contributed by atoms with Crippen molar-refractivity contribution in [3.8, 4) is 0 Å². The van der Waals surface area contributed by atoms with Gasteiger partial charge in [-0.3, -0.25) is 5.43 Å². The van der Waals surface area contributed by atoms with Crippen LogP contribution in [0.5, 0.6) is 0 Å². The SMILES string of the molecule is CC(C)C(C)NN1CCN(C)CC1. The third kappa shape index (κ3) is 3.63. The number of hydrogen-bond acceptors (Lipinski definition) is 3. The number of nitrogens with zero attached hydrogens (tertiary/aromatic N) is 2. The lowest BCUT2D eigenvalue weighted by atomic mass is 10.1. The number of likely N-dealkylation sites (N-methyl/N-ethyl adjacent to an activating group) is 1. The first kappa shape index (κ1) is 11.0. The van der Waals surface area contributed by atoms with E-state index in [1.807, 2.05) is 0 Å². The van der Waals surface area contributed by atoms with E-state index < -0.39 is 0 Å². The fourth-order valence-electron chi connectivity index (χ4n) is 1.37. The third-order valence-corrected chi connectivity index (χ3v) is 2.89. The second-order valence-corrected chi connectivity index (χ2v) is 4.45. The van der Waals surface area contributed by atoms with E-state index >= 15 is 0 Å². The summed E-state index contributed by atoms with van der Waals surface area (Å²) in [6.07, 6.45) is 0. The lowest BCUT2D eigenvalue weighted by Crippen LogP contribution is -2.54. The highest BCUT2D eigenvalue weighted by Gasteiger charge is 2.16. The first-order valence-electron chi connectivity index (χ1n) is 5.29. The molecule has 1 rings (SSSR count). The highest BCUT2D eigenvalue weighted by atomic mass is 15.5. The third-order valence-electron chi connectivity index (χ3n) is 2.89. The predicted octanol–water partition coefficient (Wildman–Crippen LogP) is 0.783. The van der Waals surface area contributed by atoms with Gasteiger partial charge >= 0.3 is 0 Å². The summed E-state index contributed by atoms with van der Waals surface area (Å²) in [6.45, 7) is 11.4. The van der Waals surface area contributed by atoms with Gasteiger partial charge in [-0.2, -0.15) is 0 Å². The Kier molecular flexibility index (Phi) is 4.16. The standard InChI is InChI=1S/C10H23N3/c1-9(2)10(3)11-13-7-5-12(4)6-8-13/h9-11H,5-8H2,1-4H3. The van der Waals surface area contributed by atoms with Crippen LogP contribution in [0.25, 0.3) is 0 Å². The number of piperazine rings is 1. The van der Waals surface area contributed by atoms with Crippen LogP contribution in [-0.2, 0) is 0 Å². The maximum atomic E-state index is 3.55. The van der Waals surface area contributed by atoms with Crippen molar-refractivity contribution < 1.29 is 0 Å². The molecule has 13 heavy (non-hydrogen) atoms. The summed E-state index contributed by atoms with van der Waals surface area (Å²) < 4.78 is 0. The molecule has 1 unspecified atom stereocenters. The maximum Gasteiger partial charge on any atom is 0.0259 e. The molecule has 0 aromatic rings. The van der Waals surface area contributed by atoms with Crippen molar-refractivity contribution in [1.82, 2.24) is 15.3 Å². The summed E-state index contributed by atoms with van der Waals surface area (Å²) in [5.41, 5.74) is 3.55. The summed E-state index contributed by atoms with van der Waals surface area (Å²) in [5, 5.41) is 2.35. The van der Waals surface area contributed by atoms with E-state index in [-0.39, 0.29) is 0 Å². The van der Waals surface area contributed by atoms with Crippen LogP contribution in [0.15, 0.2) is 0 Å². The Morgan fingerprint density at radius 3 is 2.00 bits per heavy atom. The van der Waals surface area contributed by atoms with E-state index in [0.717, 1.165) is 13.1 Å². The highest BCUT2D eigenvalue weighted by Crippen LogP contribution is 2.03. The van der Waals surface area contributed by atoms with Crippen molar-refractivity contribution >= 4 is 0 Å². The molecular formula is C10H23N3. The summed E-state index contributed by atoms with van der Waals surface area (Å²) in [5.74, 6) is 0.708. The number of hydrazine groups is 1. The molecule has 0 aromatic carbocycles. The van der Waals surface area contributed by atoms with Crippen LogP contribution in [0.1, 0.15) is 20.8 Å². The minimum atomic E-state index is 0.586. The molecule has 0 radical (unpaired) electrons. The monoisotopic (exact) mass is 185 g/mol. The number of hydrogen-bond donors (Lipinski definition) is 1. The maximum absolute atomic E-state index is 3.55. The summed E-state index contributed by atoms with van der Waals surface area (Å²) in [4.78, 5) is 2.37. The lowest BCUT2D eigenvalue weighted by Gasteiger charge is -2.35. The molecule has 0 saturated carbocycles. The van der Waals surface area contributed by atoms with Gasteiger partial charge < -0.3 is 4.90 Å². The molecule has 1 fully saturated rings. The predicted molar refractivity (Wildman–Crippen MR) is 56.5 cm³/mol. The zero-order valence-electron chi connectivity index (χ0n) is 9.38. The summed E-state index contributed by atoms with van der Waals surface area (Å²) in [6, 6.07) is 0.586. The minimum absolute atomic E-state index is 0.586. The Labute approximate surface area is 82.1 Å². The molecule has 1 heterocycles. The molecule has 1 saturated heterocycles. The average Bonchev–Trinajstić information content (AvgIpc) is 2.08. The van der Waals surface area contributed by atoms with Gasteiger partial charge in [-0.05, 0) is 19.9 Å². The Hall–Kier alpha value is -0.120. The van der Waals surface area contributed by atoms with Gasteiger partial charge in [0, 0.05) is 32.2 Å². The molecule has 1 N–H and O–H groups in total. The van der Waals surface area contributed by atoms with Gasteiger partial charge in [0.25, 0.3) is 0 Å². The first-order chi connectivity index (χ1) is 6.09. The zero-order chi connectivity index (χ0) is 9.84. The molecule has 1 aliphatic heterocycles. The van der Waals surface area contributed by atoms with Gasteiger partial charge in [0.15, 0.2) is 0 Å². The Morgan fingerprint density at radius 1 is 1.00 bits per heavy atom. The molecule has 78 valence electrons. The van der Waals surface area contributed by atoms with Crippen molar-refractivity contribution in [2.45, 2.75) is 26.8 Å². The summed E-state index contributed by atoms with van der Waals surface area (Å²) >= 11 is 0. The van der Waals surface area contributed by atoms with Gasteiger partial charge in [-0.1, -0.05) is 13.8 Å². The van der Waals surface area contributed by atoms with E-state index in [2.05, 4.69) is 43.2 Å². The smallest absolute Gasteiger partial charge is 0.0259 e. The van der Waals surface area contributed by atoms with Crippen molar-refractivity contribution in [2.75, 3.05) is 33.2 Å². The lowest BCUT2D eigenvalue weighted by molar-refractivity contribution is 0.0809. The quantitative estimate of drug-likeness (QED) is 0.701. The molecule has 0 aromatic heterocycles. The van der Waals surface area contributed by atoms with Crippen molar-refractivity contribution in [1.29, 1.82) is 0 Å². The van der Waals surface area contributed by atoms with E-state index in [9.17, 15) is 0 Å². The molecule has 0 bridgehead atoms. The average molecular weight is 185 g/mol. The topological polar surface area (TPSA) is 18.5 Å². The van der Waals surface area contributed by atoms with Gasteiger partial charge in [-0.25, -0.2) is 5.01 Å². The van der Waals surface area contributed by atoms with Crippen molar-refractivity contribution in [3.05, 3.63) is 0 Å². The molecule has 0 spiro atoms. The molecule has 1 atom stereocenters. The molecule has 0 aliphatic carbocycles. The van der Waals surface area contributed by atoms with Crippen LogP contribution in [0.3, 0.4) is 0 Å². The fourth-order valence-corrected chi connectivity index (χ4v) is 1.37. The van der Waals surface area contributed by atoms with Gasteiger partial charge in [0.05, 0.1) is 0 Å². The van der Waals surface area contributed by atoms with Crippen LogP contribution in [0, 0.1) is 5.92 Å². The summed E-state index contributed by atoms with van der Waals surface area (Å²) in [7, 11) is 2.18. The fraction of sp³-hybridized carbons (Fsp3) is 1.00. The minimum Gasteiger partial charge on any atom is -0.304 e. The molecule has 3 nitrogen and oxygen atoms in total. The van der Waals surface area contributed by atoms with Gasteiger partial charge in [0.2, 0.25) is 0 Å². The van der Waals surface area contributed by atoms with Crippen molar-refractivity contribution in [3.63, 3.8) is 0 Å². The van der Waals surface area contributed by atoms with E-state index in [4.69, 9.17) is 0 Å². The molecular weight excluding hydrogens is 162 g/mol. The van der Waals surface area contributed by atoms with E-state index in [1.165, 1.54) is 13.1 Å². The van der Waals surface area contributed by atoms with E-state index in [0.29, 0.717) is 12.0 Å². The Balaban J connectivity index is 2.22. The number of rotatable bonds is 3. The second kappa shape index (κ2) is 4.94. The Morgan fingerprint density at radius 2 is 1.54 bits per heavy atom. The number of nitrogens with one attached hydrogen (secondary N) is 1. The van der Waals surface area contributed by atoms with Crippen LogP contribution < -0.4 is 5.43 Å². The van der Waals surface area contributed by atoms with Crippen LogP contribution in [0.4, 0.5) is 0 Å². The van der Waals surface area contributed by atoms with Crippen molar-refractivity contribution in [2.24, 2.45) is 5.92 Å². The molecule has 1 aliphatic rings. The molecule has 0 amide bonds. The second-order valence-electron chi connectivity index (χ2n) is 4.45. The van der Waals surface area contributed by atoms with Crippen LogP contribution in [-0.4, -0.2) is 49.2 Å². The zero-order valence-corrected chi connectivity index (χ0v) is 9.38. The largest absolute Gasteiger partial charge is 0.304 e. The first-order valence-corrected chi connectivity index (χ1v) is 5.29. The normalized spacial score (nSPS) is 23.8. The Bertz CT molecular complexity index is 139. The van der Waals surface area contributed by atoms with Gasteiger partial charge in [0.1, 0.15) is 0 Å². The van der Waals surface area contributed by atoms with Crippen LogP contribution >= 0.6 is 0 Å². The highest BCUT2D eigenvalue weighted by molar-refractivity contribution is 4.69. The van der Waals surface area contributed by atoms with Crippen LogP contribution in [0.2, 0.25) is 0 Å². The molecule has 3 heteroatoms. The van der Waals surface area contributed by atoms with Gasteiger partial charge in [-0.15, -0.1) is 0 Å².